The Bertz CT molecular complexity index is 930. The molecule has 3 rings (SSSR count). The van der Waals surface area contributed by atoms with Crippen LogP contribution >= 0.6 is 30.6 Å². The summed E-state index contributed by atoms with van der Waals surface area (Å²) in [4.78, 5) is 0. The molecule has 0 unspecified atom stereocenters. The standard InChI is InChI=1S/C32H58Br2Si6/c1-35(2)19-20-36(3,4)24-29-40(34,32-17-13-10-14-18-32)30-26-38(7,8)22-21-37(5,6)25-28-39(33,27-23-35)31-15-11-9-12-16-31/h9-18H,19-30H2,1-8H3. The Labute approximate surface area is 270 Å². The van der Waals surface area contributed by atoms with Gasteiger partial charge in [0.15, 0.2) is 13.4 Å². The lowest BCUT2D eigenvalue weighted by molar-refractivity contribution is 1.13. The average molecular weight is 771 g/mol. The Kier molecular flexibility index (Phi) is 12.5. The van der Waals surface area contributed by atoms with E-state index in [1.54, 1.807) is 10.4 Å². The molecule has 0 radical (unpaired) electrons. The molecule has 0 N–H and O–H groups in total. The molecule has 224 valence electrons. The molecular formula is C32H58Br2Si6. The van der Waals surface area contributed by atoms with Gasteiger partial charge in [0.1, 0.15) is 0 Å². The lowest BCUT2D eigenvalue weighted by Gasteiger charge is -2.37. The molecule has 0 aliphatic carbocycles. The van der Waals surface area contributed by atoms with E-state index < -0.39 is 45.7 Å². The summed E-state index contributed by atoms with van der Waals surface area (Å²) in [6, 6.07) is 41.2. The molecule has 0 atom stereocenters. The summed E-state index contributed by atoms with van der Waals surface area (Å²) in [5.74, 6) is 0. The summed E-state index contributed by atoms with van der Waals surface area (Å²) in [7, 11) is -4.98. The molecule has 0 saturated carbocycles. The molecule has 1 fully saturated rings. The fraction of sp³-hybridized carbons (Fsp3) is 0.625. The zero-order chi connectivity index (χ0) is 29.7. The van der Waals surface area contributed by atoms with E-state index in [0.717, 1.165) is 0 Å². The molecule has 0 spiro atoms. The van der Waals surface area contributed by atoms with E-state index in [1.807, 2.05) is 0 Å². The van der Waals surface area contributed by atoms with Crippen LogP contribution in [0.5, 0.6) is 0 Å². The lowest BCUT2D eigenvalue weighted by atomic mass is 10.4. The zero-order valence-electron chi connectivity index (χ0n) is 27.0. The Morgan fingerprint density at radius 2 is 0.550 bits per heavy atom. The second-order valence-electron chi connectivity index (χ2n) is 16.3. The quantitative estimate of drug-likeness (QED) is 0.211. The summed E-state index contributed by atoms with van der Waals surface area (Å²) in [5.41, 5.74) is 0. The second-order valence-corrected chi connectivity index (χ2v) is 53.8. The molecule has 2 aromatic rings. The summed E-state index contributed by atoms with van der Waals surface area (Å²) >= 11 is 9.13. The van der Waals surface area contributed by atoms with Crippen LogP contribution in [0.1, 0.15) is 0 Å². The van der Waals surface area contributed by atoms with E-state index in [9.17, 15) is 0 Å². The van der Waals surface area contributed by atoms with Crippen LogP contribution in [-0.4, -0.2) is 45.7 Å². The summed E-state index contributed by atoms with van der Waals surface area (Å²) < 4.78 is 0. The number of halogens is 2. The van der Waals surface area contributed by atoms with E-state index in [-0.39, 0.29) is 0 Å². The molecule has 1 heterocycles. The van der Waals surface area contributed by atoms with Crippen molar-refractivity contribution in [1.29, 1.82) is 0 Å². The topological polar surface area (TPSA) is 0 Å². The minimum atomic E-state index is -1.66. The van der Waals surface area contributed by atoms with Crippen LogP contribution in [0.4, 0.5) is 0 Å². The van der Waals surface area contributed by atoms with Crippen LogP contribution in [0.3, 0.4) is 0 Å². The summed E-state index contributed by atoms with van der Waals surface area (Å²) in [6.07, 6.45) is 0. The molecule has 0 aromatic heterocycles. The van der Waals surface area contributed by atoms with Crippen molar-refractivity contribution in [1.82, 2.24) is 0 Å². The van der Waals surface area contributed by atoms with Gasteiger partial charge in [0.25, 0.3) is 0 Å². The van der Waals surface area contributed by atoms with E-state index in [0.29, 0.717) is 0 Å². The van der Waals surface area contributed by atoms with Gasteiger partial charge in [-0.25, -0.2) is 0 Å². The summed E-state index contributed by atoms with van der Waals surface area (Å²) in [6.45, 7) is 18.4. The van der Waals surface area contributed by atoms with Crippen molar-refractivity contribution >= 4 is 86.6 Å². The fourth-order valence-electron chi connectivity index (χ4n) is 6.30. The highest BCUT2D eigenvalue weighted by Crippen LogP contribution is 2.39. The third-order valence-corrected chi connectivity index (χ3v) is 40.6. The maximum Gasteiger partial charge on any atom is 0.160 e. The van der Waals surface area contributed by atoms with Crippen LogP contribution in [0, 0.1) is 0 Å². The van der Waals surface area contributed by atoms with Gasteiger partial charge in [0, 0.05) is 32.3 Å². The molecule has 0 nitrogen and oxygen atoms in total. The maximum atomic E-state index is 4.56. The molecule has 40 heavy (non-hydrogen) atoms. The first-order valence-electron chi connectivity index (χ1n) is 15.9. The van der Waals surface area contributed by atoms with Crippen LogP contribution < -0.4 is 10.4 Å². The van der Waals surface area contributed by atoms with E-state index >= 15 is 0 Å². The third kappa shape index (κ3) is 11.0. The normalized spacial score (nSPS) is 30.1. The lowest BCUT2D eigenvalue weighted by Crippen LogP contribution is -2.46. The average Bonchev–Trinajstić information content (AvgIpc) is 2.92. The van der Waals surface area contributed by atoms with Crippen molar-refractivity contribution in [3.8, 4) is 0 Å². The molecule has 1 aliphatic rings. The minimum absolute atomic E-state index is 1.24. The van der Waals surface area contributed by atoms with E-state index in [1.165, 1.54) is 72.5 Å². The van der Waals surface area contributed by atoms with Gasteiger partial charge in [-0.2, -0.15) is 0 Å². The highest BCUT2D eigenvalue weighted by Gasteiger charge is 2.40. The Balaban J connectivity index is 1.89. The van der Waals surface area contributed by atoms with Crippen molar-refractivity contribution in [2.45, 2.75) is 125 Å². The first-order valence-corrected chi connectivity index (χ1v) is 38.9. The van der Waals surface area contributed by atoms with Gasteiger partial charge in [0.2, 0.25) is 0 Å². The van der Waals surface area contributed by atoms with Crippen molar-refractivity contribution < 1.29 is 0 Å². The van der Waals surface area contributed by atoms with E-state index in [4.69, 9.17) is 0 Å². The van der Waals surface area contributed by atoms with Gasteiger partial charge >= 0.3 is 0 Å². The number of hydrogen-bond donors (Lipinski definition) is 0. The summed E-state index contributed by atoms with van der Waals surface area (Å²) in [5, 5.41) is 3.31. The van der Waals surface area contributed by atoms with Crippen molar-refractivity contribution in [2.75, 3.05) is 0 Å². The molecular weight excluding hydrogens is 713 g/mol. The number of benzene rings is 2. The third-order valence-electron chi connectivity index (χ3n) is 10.3. The Morgan fingerprint density at radius 3 is 0.775 bits per heavy atom. The predicted molar refractivity (Wildman–Crippen MR) is 209 cm³/mol. The second kappa shape index (κ2) is 14.2. The maximum absolute atomic E-state index is 4.56. The predicted octanol–water partition coefficient (Wildman–Crippen LogP) is 11.3. The van der Waals surface area contributed by atoms with Crippen LogP contribution in [0.15, 0.2) is 60.7 Å². The first-order chi connectivity index (χ1) is 18.5. The van der Waals surface area contributed by atoms with Crippen molar-refractivity contribution in [2.24, 2.45) is 0 Å². The number of hydrogen-bond acceptors (Lipinski definition) is 0. The van der Waals surface area contributed by atoms with Gasteiger partial charge in [0.05, 0.1) is 0 Å². The Morgan fingerprint density at radius 1 is 0.350 bits per heavy atom. The Hall–Kier alpha value is 0.701. The first kappa shape index (κ1) is 35.2. The highest BCUT2D eigenvalue weighted by molar-refractivity contribution is 9.26. The smallest absolute Gasteiger partial charge is 0.120 e. The zero-order valence-corrected chi connectivity index (χ0v) is 36.2. The van der Waals surface area contributed by atoms with Gasteiger partial charge < -0.3 is 0 Å². The van der Waals surface area contributed by atoms with Crippen molar-refractivity contribution in [3.05, 3.63) is 60.7 Å². The molecule has 2 aromatic carbocycles. The van der Waals surface area contributed by atoms with Crippen LogP contribution in [-0.2, 0) is 0 Å². The van der Waals surface area contributed by atoms with Gasteiger partial charge in [-0.3, -0.25) is 0 Å². The SMILES string of the molecule is C[Si]1(C)CC[Si](C)(C)CC[Si](Br)(c2ccccc2)CC[Si](C)(C)CC[Si](C)(C)CC[Si](Br)(c2ccccc2)CC1. The molecule has 1 saturated heterocycles. The fourth-order valence-corrected chi connectivity index (χ4v) is 47.3. The van der Waals surface area contributed by atoms with Gasteiger partial charge in [-0.05, 0) is 34.5 Å². The minimum Gasteiger partial charge on any atom is -0.120 e. The van der Waals surface area contributed by atoms with Crippen LogP contribution in [0.25, 0.3) is 0 Å². The van der Waals surface area contributed by atoms with E-state index in [2.05, 4.69) is 144 Å². The van der Waals surface area contributed by atoms with Crippen molar-refractivity contribution in [3.63, 3.8) is 0 Å². The largest absolute Gasteiger partial charge is 0.160 e. The molecule has 8 heteroatoms. The molecule has 1 aliphatic heterocycles. The number of rotatable bonds is 2. The molecule has 0 bridgehead atoms. The van der Waals surface area contributed by atoms with Gasteiger partial charge in [-0.15, -0.1) is 30.6 Å². The van der Waals surface area contributed by atoms with Crippen LogP contribution in [0.2, 0.25) is 125 Å². The van der Waals surface area contributed by atoms with Gasteiger partial charge in [-0.1, -0.05) is 161 Å². The molecule has 0 amide bonds. The monoisotopic (exact) mass is 768 g/mol. The highest BCUT2D eigenvalue weighted by atomic mass is 79.9.